The molecule has 0 N–H and O–H groups in total. The van der Waals surface area contributed by atoms with Gasteiger partial charge in [-0.1, -0.05) is 28.1 Å². The molecule has 132 valence electrons. The van der Waals surface area contributed by atoms with Gasteiger partial charge >= 0.3 is 0 Å². The Balaban J connectivity index is 1.95. The second-order valence-corrected chi connectivity index (χ2v) is 6.95. The van der Waals surface area contributed by atoms with E-state index in [0.717, 1.165) is 10.0 Å². The predicted molar refractivity (Wildman–Crippen MR) is 101 cm³/mol. The summed E-state index contributed by atoms with van der Waals surface area (Å²) in [7, 11) is 0. The summed E-state index contributed by atoms with van der Waals surface area (Å²) in [6.45, 7) is 0.628. The van der Waals surface area contributed by atoms with Gasteiger partial charge in [0.25, 0.3) is 0 Å². The first kappa shape index (κ1) is 18.4. The van der Waals surface area contributed by atoms with Crippen molar-refractivity contribution in [2.24, 2.45) is 0 Å². The number of ether oxygens (including phenoxy) is 3. The third-order valence-corrected chi connectivity index (χ3v) is 4.46. The molecule has 1 unspecified atom stereocenters. The molecule has 0 saturated carbocycles. The van der Waals surface area contributed by atoms with Crippen LogP contribution in [0.5, 0.6) is 17.2 Å². The van der Waals surface area contributed by atoms with Crippen LogP contribution in [0.1, 0.15) is 22.0 Å². The first-order valence-electron chi connectivity index (χ1n) is 7.66. The van der Waals surface area contributed by atoms with E-state index in [1.807, 2.05) is 24.3 Å². The van der Waals surface area contributed by atoms with E-state index in [1.54, 1.807) is 12.1 Å². The van der Waals surface area contributed by atoms with Crippen LogP contribution in [-0.4, -0.2) is 30.8 Å². The molecule has 1 aliphatic rings. The van der Waals surface area contributed by atoms with Gasteiger partial charge < -0.3 is 14.2 Å². The SMILES string of the molecule is O=C1c2c(OCCCl)cc(OCCCl)cc2OC1c1ccc(Br)cc1. The molecule has 4 nitrogen and oxygen atoms in total. The highest BCUT2D eigenvalue weighted by atomic mass is 79.9. The monoisotopic (exact) mass is 444 g/mol. The minimum atomic E-state index is -0.704. The number of carbonyl (C=O) groups excluding carboxylic acids is 1. The third-order valence-electron chi connectivity index (χ3n) is 3.62. The quantitative estimate of drug-likeness (QED) is 0.562. The maximum absolute atomic E-state index is 12.9. The van der Waals surface area contributed by atoms with Crippen LogP contribution in [0.3, 0.4) is 0 Å². The Bertz CT molecular complexity index is 764. The lowest BCUT2D eigenvalue weighted by molar-refractivity contribution is 0.0856. The molecule has 1 heterocycles. The molecule has 2 aromatic carbocycles. The number of rotatable bonds is 7. The van der Waals surface area contributed by atoms with E-state index in [1.165, 1.54) is 0 Å². The average Bonchev–Trinajstić information content (AvgIpc) is 2.95. The summed E-state index contributed by atoms with van der Waals surface area (Å²) >= 11 is 14.8. The first-order chi connectivity index (χ1) is 12.1. The van der Waals surface area contributed by atoms with E-state index in [4.69, 9.17) is 37.4 Å². The van der Waals surface area contributed by atoms with Crippen molar-refractivity contribution in [3.8, 4) is 17.2 Å². The Kier molecular flexibility index (Phi) is 6.10. The van der Waals surface area contributed by atoms with Gasteiger partial charge in [0.05, 0.1) is 11.8 Å². The zero-order valence-electron chi connectivity index (χ0n) is 13.1. The number of halogens is 3. The lowest BCUT2D eigenvalue weighted by Crippen LogP contribution is -2.11. The molecule has 0 saturated heterocycles. The summed E-state index contributed by atoms with van der Waals surface area (Å²) in [5, 5.41) is 0. The molecule has 2 aromatic rings. The molecule has 0 aliphatic carbocycles. The van der Waals surface area contributed by atoms with Crippen molar-refractivity contribution in [1.82, 2.24) is 0 Å². The highest BCUT2D eigenvalue weighted by molar-refractivity contribution is 9.10. The molecule has 1 atom stereocenters. The van der Waals surface area contributed by atoms with Crippen molar-refractivity contribution in [2.75, 3.05) is 25.0 Å². The Morgan fingerprint density at radius 1 is 1.04 bits per heavy atom. The van der Waals surface area contributed by atoms with E-state index in [2.05, 4.69) is 15.9 Å². The van der Waals surface area contributed by atoms with Gasteiger partial charge in [0, 0.05) is 22.2 Å². The molecule has 0 spiro atoms. The number of ketones is 1. The molecule has 1 aliphatic heterocycles. The topological polar surface area (TPSA) is 44.8 Å². The molecule has 25 heavy (non-hydrogen) atoms. The first-order valence-corrected chi connectivity index (χ1v) is 9.52. The van der Waals surface area contributed by atoms with Gasteiger partial charge in [0.15, 0.2) is 6.10 Å². The fourth-order valence-corrected chi connectivity index (χ4v) is 2.99. The van der Waals surface area contributed by atoms with Gasteiger partial charge in [-0.25, -0.2) is 0 Å². The van der Waals surface area contributed by atoms with Gasteiger partial charge in [0.2, 0.25) is 5.78 Å². The number of benzene rings is 2. The van der Waals surface area contributed by atoms with E-state index < -0.39 is 6.10 Å². The minimum Gasteiger partial charge on any atom is -0.492 e. The largest absolute Gasteiger partial charge is 0.492 e. The zero-order valence-corrected chi connectivity index (χ0v) is 16.2. The maximum atomic E-state index is 12.9. The molecule has 0 fully saturated rings. The van der Waals surface area contributed by atoms with Crippen LogP contribution in [-0.2, 0) is 0 Å². The molecule has 3 rings (SSSR count). The average molecular weight is 446 g/mol. The number of hydrogen-bond acceptors (Lipinski definition) is 4. The summed E-state index contributed by atoms with van der Waals surface area (Å²) in [6, 6.07) is 10.8. The van der Waals surface area contributed by atoms with Crippen molar-refractivity contribution in [3.63, 3.8) is 0 Å². The molecule has 0 bridgehead atoms. The second kappa shape index (κ2) is 8.30. The number of Topliss-reactive ketones (excluding diaryl/α,β-unsaturated/α-hetero) is 1. The van der Waals surface area contributed by atoms with E-state index in [9.17, 15) is 4.79 Å². The Morgan fingerprint density at radius 2 is 1.72 bits per heavy atom. The van der Waals surface area contributed by atoms with Crippen molar-refractivity contribution >= 4 is 44.9 Å². The van der Waals surface area contributed by atoms with Crippen LogP contribution in [0, 0.1) is 0 Å². The zero-order chi connectivity index (χ0) is 17.8. The third kappa shape index (κ3) is 4.05. The summed E-state index contributed by atoms with van der Waals surface area (Å²) < 4.78 is 18.0. The molecule has 7 heteroatoms. The van der Waals surface area contributed by atoms with Crippen LogP contribution in [0.2, 0.25) is 0 Å². The van der Waals surface area contributed by atoms with E-state index >= 15 is 0 Å². The number of hydrogen-bond donors (Lipinski definition) is 0. The Morgan fingerprint density at radius 3 is 2.40 bits per heavy atom. The van der Waals surface area contributed by atoms with Crippen LogP contribution < -0.4 is 14.2 Å². The lowest BCUT2D eigenvalue weighted by atomic mass is 10.0. The summed E-state index contributed by atoms with van der Waals surface area (Å²) in [5.74, 6) is 1.91. The number of fused-ring (bicyclic) bond motifs is 1. The van der Waals surface area contributed by atoms with Crippen LogP contribution >= 0.6 is 39.1 Å². The van der Waals surface area contributed by atoms with Crippen molar-refractivity contribution in [3.05, 3.63) is 52.0 Å². The Labute approximate surface area is 164 Å². The highest BCUT2D eigenvalue weighted by Crippen LogP contribution is 2.44. The number of alkyl halides is 2. The fourth-order valence-electron chi connectivity index (χ4n) is 2.57. The fraction of sp³-hybridized carbons (Fsp3) is 0.278. The predicted octanol–water partition coefficient (Wildman–Crippen LogP) is 5.00. The van der Waals surface area contributed by atoms with Gasteiger partial charge in [0.1, 0.15) is 36.0 Å². The van der Waals surface area contributed by atoms with Gasteiger partial charge in [-0.3, -0.25) is 4.79 Å². The minimum absolute atomic E-state index is 0.147. The summed E-state index contributed by atoms with van der Waals surface area (Å²) in [5.41, 5.74) is 1.19. The molecule has 0 radical (unpaired) electrons. The van der Waals surface area contributed by atoms with Crippen LogP contribution in [0.25, 0.3) is 0 Å². The van der Waals surface area contributed by atoms with Gasteiger partial charge in [-0.05, 0) is 12.1 Å². The summed E-state index contributed by atoms with van der Waals surface area (Å²) in [4.78, 5) is 12.9. The standard InChI is InChI=1S/C18H15BrCl2O4/c19-12-3-1-11(2-4-12)18-17(22)16-14(24-8-6-21)9-13(23-7-5-20)10-15(16)25-18/h1-4,9-10,18H,5-8H2. The van der Waals surface area contributed by atoms with Gasteiger partial charge in [-0.2, -0.15) is 0 Å². The molecular weight excluding hydrogens is 431 g/mol. The lowest BCUT2D eigenvalue weighted by Gasteiger charge is -2.11. The smallest absolute Gasteiger partial charge is 0.215 e. The van der Waals surface area contributed by atoms with Crippen molar-refractivity contribution in [1.29, 1.82) is 0 Å². The van der Waals surface area contributed by atoms with E-state index in [-0.39, 0.29) is 12.4 Å². The normalized spacial score (nSPS) is 15.6. The van der Waals surface area contributed by atoms with Crippen LogP contribution in [0.4, 0.5) is 0 Å². The molecular formula is C18H15BrCl2O4. The molecule has 0 amide bonds. The maximum Gasteiger partial charge on any atom is 0.215 e. The highest BCUT2D eigenvalue weighted by Gasteiger charge is 2.37. The number of carbonyl (C=O) groups is 1. The van der Waals surface area contributed by atoms with Crippen molar-refractivity contribution in [2.45, 2.75) is 6.10 Å². The molecule has 0 aromatic heterocycles. The van der Waals surface area contributed by atoms with Crippen molar-refractivity contribution < 1.29 is 19.0 Å². The van der Waals surface area contributed by atoms with Gasteiger partial charge in [-0.15, -0.1) is 23.2 Å². The van der Waals surface area contributed by atoms with E-state index in [0.29, 0.717) is 41.2 Å². The Hall–Kier alpha value is -1.43. The summed E-state index contributed by atoms with van der Waals surface area (Å²) in [6.07, 6.45) is -0.704. The second-order valence-electron chi connectivity index (χ2n) is 5.28. The van der Waals surface area contributed by atoms with Crippen LogP contribution in [0.15, 0.2) is 40.9 Å².